The van der Waals surface area contributed by atoms with Crippen LogP contribution in [0, 0.1) is 18.3 Å². The monoisotopic (exact) mass is 560 g/mol. The Hall–Kier alpha value is -2.50. The molecule has 2 aliphatic carbocycles. The molecule has 6 rings (SSSR count). The summed E-state index contributed by atoms with van der Waals surface area (Å²) in [6.07, 6.45) is 12.5. The Labute approximate surface area is 244 Å². The number of aromatic nitrogens is 2. The fourth-order valence-electron chi connectivity index (χ4n) is 7.10. The van der Waals surface area contributed by atoms with Crippen LogP contribution in [0.5, 0.6) is 11.5 Å². The van der Waals surface area contributed by atoms with Crippen LogP contribution < -0.4 is 9.64 Å². The van der Waals surface area contributed by atoms with Crippen LogP contribution in [0.15, 0.2) is 53.9 Å². The van der Waals surface area contributed by atoms with Crippen LogP contribution in [0.25, 0.3) is 11.0 Å². The zero-order chi connectivity index (χ0) is 27.9. The van der Waals surface area contributed by atoms with Crippen molar-refractivity contribution in [2.45, 2.75) is 84.1 Å². The Morgan fingerprint density at radius 3 is 2.73 bits per heavy atom. The maximum Gasteiger partial charge on any atom is 0.146 e. The Morgan fingerprint density at radius 1 is 1.10 bits per heavy atom. The van der Waals surface area contributed by atoms with Gasteiger partial charge in [0.05, 0.1) is 6.20 Å². The van der Waals surface area contributed by atoms with E-state index in [1.807, 2.05) is 18.3 Å². The van der Waals surface area contributed by atoms with Gasteiger partial charge in [-0.1, -0.05) is 31.1 Å². The van der Waals surface area contributed by atoms with Crippen molar-refractivity contribution in [1.29, 1.82) is 0 Å². The molecule has 0 radical (unpaired) electrons. The minimum atomic E-state index is 0.386. The Kier molecular flexibility index (Phi) is 7.89. The lowest BCUT2D eigenvalue weighted by molar-refractivity contribution is 0.194. The minimum absolute atomic E-state index is 0.386. The van der Waals surface area contributed by atoms with E-state index in [0.717, 1.165) is 60.2 Å². The number of fused-ring (bicyclic) bond motifs is 1. The van der Waals surface area contributed by atoms with Gasteiger partial charge in [0.1, 0.15) is 17.1 Å². The molecule has 214 valence electrons. The number of rotatable bonds is 6. The molecule has 1 aromatic carbocycles. The van der Waals surface area contributed by atoms with Crippen molar-refractivity contribution in [3.63, 3.8) is 0 Å². The number of aryl methyl sites for hydroxylation is 1. The van der Waals surface area contributed by atoms with Crippen molar-refractivity contribution in [3.05, 3.63) is 59.4 Å². The Morgan fingerprint density at radius 2 is 1.93 bits per heavy atom. The average molecular weight is 561 g/mol. The lowest BCUT2D eigenvalue weighted by Gasteiger charge is -2.44. The Bertz CT molecular complexity index is 1370. The van der Waals surface area contributed by atoms with Crippen molar-refractivity contribution >= 4 is 28.3 Å². The first-order chi connectivity index (χ1) is 19.2. The van der Waals surface area contributed by atoms with Crippen molar-refractivity contribution in [2.24, 2.45) is 11.3 Å². The zero-order valence-corrected chi connectivity index (χ0v) is 25.4. The number of benzene rings is 1. The number of aromatic amines is 1. The molecule has 3 aliphatic rings. The highest BCUT2D eigenvalue weighted by Gasteiger charge is 2.34. The summed E-state index contributed by atoms with van der Waals surface area (Å²) in [7, 11) is 0. The van der Waals surface area contributed by atoms with E-state index in [2.05, 4.69) is 65.7 Å². The number of nitrogens with one attached hydrogen (secondary N) is 1. The quantitative estimate of drug-likeness (QED) is 0.242. The minimum Gasteiger partial charge on any atom is -0.455 e. The summed E-state index contributed by atoms with van der Waals surface area (Å²) in [6, 6.07) is 11.2. The third kappa shape index (κ3) is 6.06. The molecular weight excluding hydrogens is 516 g/mol. The fourth-order valence-corrected chi connectivity index (χ4v) is 7.35. The molecule has 2 fully saturated rings. The van der Waals surface area contributed by atoms with Gasteiger partial charge in [0.25, 0.3) is 0 Å². The normalized spacial score (nSPS) is 25.9. The maximum absolute atomic E-state index is 6.49. The topological polar surface area (TPSA) is 44.4 Å². The zero-order valence-electron chi connectivity index (χ0n) is 24.7. The first-order valence-corrected chi connectivity index (χ1v) is 15.7. The third-order valence-corrected chi connectivity index (χ3v) is 10.1. The number of halogens is 1. The van der Waals surface area contributed by atoms with Gasteiger partial charge in [-0.3, -0.25) is 4.90 Å². The largest absolute Gasteiger partial charge is 0.455 e. The lowest BCUT2D eigenvalue weighted by Crippen LogP contribution is -2.52. The number of allylic oxidation sites excluding steroid dienone is 1. The summed E-state index contributed by atoms with van der Waals surface area (Å²) >= 11 is 6.49. The second kappa shape index (κ2) is 11.4. The van der Waals surface area contributed by atoms with E-state index in [9.17, 15) is 0 Å². The number of anilines is 1. The molecule has 0 bridgehead atoms. The summed E-state index contributed by atoms with van der Waals surface area (Å²) in [5.74, 6) is 2.42. The number of pyridine rings is 1. The van der Waals surface area contributed by atoms with Gasteiger partial charge < -0.3 is 14.6 Å². The van der Waals surface area contributed by atoms with E-state index in [4.69, 9.17) is 16.3 Å². The van der Waals surface area contributed by atoms with E-state index in [0.29, 0.717) is 16.8 Å². The van der Waals surface area contributed by atoms with E-state index in [1.54, 1.807) is 17.3 Å². The highest BCUT2D eigenvalue weighted by Crippen LogP contribution is 2.46. The maximum atomic E-state index is 6.49. The molecule has 3 heterocycles. The number of nitrogens with zero attached hydrogens (tertiary/aromatic N) is 3. The number of hydrogen-bond donors (Lipinski definition) is 1. The van der Waals surface area contributed by atoms with Gasteiger partial charge >= 0.3 is 0 Å². The molecule has 5 nitrogen and oxygen atoms in total. The molecule has 1 atom stereocenters. The predicted molar refractivity (Wildman–Crippen MR) is 167 cm³/mol. The van der Waals surface area contributed by atoms with E-state index in [-0.39, 0.29) is 0 Å². The smallest absolute Gasteiger partial charge is 0.146 e. The standard InChI is InChI=1S/C34H45ClN4O/c1-23-5-10-29(18-32(23)40-30-17-26-12-14-36-33(26)37-20-30)39-16-15-38(24(2)21-39)22-27-11-13-34(3,4)19-31(27)25-6-8-28(35)9-7-25/h5,10,12,14,17-18,20,24-25,28H,6-9,11,13,15-16,19,21-22H2,1-4H3,(H,36,37)/t24-,25?,28?/m1/s1. The fraction of sp³-hybridized carbons (Fsp3) is 0.559. The highest BCUT2D eigenvalue weighted by molar-refractivity contribution is 6.20. The van der Waals surface area contributed by atoms with E-state index >= 15 is 0 Å². The Balaban J connectivity index is 1.14. The van der Waals surface area contributed by atoms with Gasteiger partial charge in [-0.05, 0) is 93.9 Å². The summed E-state index contributed by atoms with van der Waals surface area (Å²) in [4.78, 5) is 12.9. The lowest BCUT2D eigenvalue weighted by atomic mass is 9.68. The molecule has 6 heteroatoms. The molecule has 1 saturated heterocycles. The van der Waals surface area contributed by atoms with Crippen LogP contribution in [-0.2, 0) is 0 Å². The molecule has 2 aromatic heterocycles. The van der Waals surface area contributed by atoms with Crippen molar-refractivity contribution in [2.75, 3.05) is 31.1 Å². The predicted octanol–water partition coefficient (Wildman–Crippen LogP) is 8.48. The highest BCUT2D eigenvalue weighted by atomic mass is 35.5. The molecule has 1 aliphatic heterocycles. The molecule has 40 heavy (non-hydrogen) atoms. The molecule has 1 saturated carbocycles. The first-order valence-electron chi connectivity index (χ1n) is 15.3. The molecule has 0 spiro atoms. The number of ether oxygens (including phenoxy) is 1. The van der Waals surface area contributed by atoms with Crippen molar-refractivity contribution in [3.8, 4) is 11.5 Å². The van der Waals surface area contributed by atoms with Crippen LogP contribution in [0.1, 0.15) is 71.3 Å². The average Bonchev–Trinajstić information content (AvgIpc) is 3.40. The van der Waals surface area contributed by atoms with Crippen LogP contribution in [0.3, 0.4) is 0 Å². The summed E-state index contributed by atoms with van der Waals surface area (Å²) in [6.45, 7) is 13.7. The second-order valence-corrected chi connectivity index (χ2v) is 13.9. The van der Waals surface area contributed by atoms with Crippen LogP contribution >= 0.6 is 11.6 Å². The second-order valence-electron chi connectivity index (χ2n) is 13.3. The molecule has 0 amide bonds. The van der Waals surface area contributed by atoms with Crippen molar-refractivity contribution in [1.82, 2.24) is 14.9 Å². The number of alkyl halides is 1. The van der Waals surface area contributed by atoms with Crippen LogP contribution in [0.2, 0.25) is 0 Å². The molecule has 0 unspecified atom stereocenters. The van der Waals surface area contributed by atoms with Crippen LogP contribution in [-0.4, -0.2) is 52.5 Å². The van der Waals surface area contributed by atoms with Gasteiger partial charge in [0.15, 0.2) is 0 Å². The van der Waals surface area contributed by atoms with Crippen LogP contribution in [0.4, 0.5) is 5.69 Å². The summed E-state index contributed by atoms with van der Waals surface area (Å²) < 4.78 is 6.33. The van der Waals surface area contributed by atoms with Crippen molar-refractivity contribution < 1.29 is 4.74 Å². The summed E-state index contributed by atoms with van der Waals surface area (Å²) in [5, 5.41) is 1.44. The van der Waals surface area contributed by atoms with Gasteiger partial charge in [0, 0.05) is 60.9 Å². The third-order valence-electron chi connectivity index (χ3n) is 9.67. The van der Waals surface area contributed by atoms with E-state index in [1.165, 1.54) is 50.6 Å². The van der Waals surface area contributed by atoms with Gasteiger partial charge in [-0.15, -0.1) is 11.6 Å². The SMILES string of the molecule is Cc1ccc(N2CCN(CC3=C(C4CCC(Cl)CC4)CC(C)(C)CC3)[C@H](C)C2)cc1Oc1cnc2[nH]ccc2c1. The molecule has 1 N–H and O–H groups in total. The molecule has 3 aromatic rings. The molecular formula is C34H45ClN4O. The van der Waals surface area contributed by atoms with Gasteiger partial charge in [0.2, 0.25) is 0 Å². The number of piperazine rings is 1. The van der Waals surface area contributed by atoms with E-state index < -0.39 is 0 Å². The number of hydrogen-bond acceptors (Lipinski definition) is 4. The summed E-state index contributed by atoms with van der Waals surface area (Å²) in [5.41, 5.74) is 7.22. The number of H-pyrrole nitrogens is 1. The van der Waals surface area contributed by atoms with Gasteiger partial charge in [-0.25, -0.2) is 4.98 Å². The van der Waals surface area contributed by atoms with Gasteiger partial charge in [-0.2, -0.15) is 0 Å². The first kappa shape index (κ1) is 27.7.